The molecule has 0 aliphatic heterocycles. The highest BCUT2D eigenvalue weighted by molar-refractivity contribution is 7.80. The van der Waals surface area contributed by atoms with Gasteiger partial charge in [0.25, 0.3) is 0 Å². The Kier molecular flexibility index (Phi) is 7.01. The third-order valence-electron chi connectivity index (χ3n) is 3.23. The Morgan fingerprint density at radius 2 is 2.00 bits per heavy atom. The summed E-state index contributed by atoms with van der Waals surface area (Å²) in [5.74, 6) is 0.00430. The molecule has 1 aliphatic rings. The first-order valence-corrected chi connectivity index (χ1v) is 7.39. The van der Waals surface area contributed by atoms with Crippen LogP contribution in [0.2, 0.25) is 0 Å². The standard InChI is InChI=1S/C13H25N3OS/c1-3-9-14-12(17)10(2)15-13(18)16-11-7-5-4-6-8-11/h10-11H,3-9H2,1-2H3,(H,14,17)(H2,15,16,18). The van der Waals surface area contributed by atoms with Crippen molar-refractivity contribution in [1.29, 1.82) is 0 Å². The maximum absolute atomic E-state index is 11.7. The van der Waals surface area contributed by atoms with E-state index in [9.17, 15) is 4.79 Å². The summed E-state index contributed by atoms with van der Waals surface area (Å²) in [6.45, 7) is 4.58. The predicted molar refractivity (Wildman–Crippen MR) is 78.5 cm³/mol. The van der Waals surface area contributed by atoms with Crippen LogP contribution < -0.4 is 16.0 Å². The zero-order chi connectivity index (χ0) is 13.4. The second-order valence-corrected chi connectivity index (χ2v) is 5.37. The van der Waals surface area contributed by atoms with E-state index in [0.29, 0.717) is 17.7 Å². The van der Waals surface area contributed by atoms with E-state index >= 15 is 0 Å². The fourth-order valence-electron chi connectivity index (χ4n) is 2.14. The summed E-state index contributed by atoms with van der Waals surface area (Å²) in [7, 11) is 0. The van der Waals surface area contributed by atoms with Crippen molar-refractivity contribution in [3.05, 3.63) is 0 Å². The van der Waals surface area contributed by atoms with Crippen LogP contribution in [0.4, 0.5) is 0 Å². The van der Waals surface area contributed by atoms with Crippen molar-refractivity contribution in [2.75, 3.05) is 6.54 Å². The van der Waals surface area contributed by atoms with Crippen LogP contribution in [0.1, 0.15) is 52.4 Å². The zero-order valence-electron chi connectivity index (χ0n) is 11.4. The zero-order valence-corrected chi connectivity index (χ0v) is 12.2. The van der Waals surface area contributed by atoms with Gasteiger partial charge in [0, 0.05) is 12.6 Å². The summed E-state index contributed by atoms with van der Waals surface area (Å²) in [6.07, 6.45) is 7.17. The Morgan fingerprint density at radius 3 is 2.61 bits per heavy atom. The molecule has 1 amide bonds. The second kappa shape index (κ2) is 8.29. The van der Waals surface area contributed by atoms with E-state index in [1.54, 1.807) is 0 Å². The molecule has 1 unspecified atom stereocenters. The quantitative estimate of drug-likeness (QED) is 0.666. The molecule has 3 N–H and O–H groups in total. The molecule has 1 atom stereocenters. The van der Waals surface area contributed by atoms with Crippen LogP contribution >= 0.6 is 12.2 Å². The van der Waals surface area contributed by atoms with Gasteiger partial charge in [-0.3, -0.25) is 4.79 Å². The summed E-state index contributed by atoms with van der Waals surface area (Å²) in [5, 5.41) is 9.80. The Bertz CT molecular complexity index is 277. The molecule has 5 heteroatoms. The van der Waals surface area contributed by atoms with E-state index in [1.807, 2.05) is 13.8 Å². The van der Waals surface area contributed by atoms with Gasteiger partial charge in [-0.1, -0.05) is 26.2 Å². The molecular formula is C13H25N3OS. The molecule has 1 saturated carbocycles. The maximum Gasteiger partial charge on any atom is 0.242 e. The van der Waals surface area contributed by atoms with Gasteiger partial charge in [0.15, 0.2) is 5.11 Å². The van der Waals surface area contributed by atoms with Gasteiger partial charge in [0.05, 0.1) is 0 Å². The van der Waals surface area contributed by atoms with Crippen LogP contribution in [-0.2, 0) is 4.79 Å². The molecule has 18 heavy (non-hydrogen) atoms. The minimum Gasteiger partial charge on any atom is -0.360 e. The number of amides is 1. The lowest BCUT2D eigenvalue weighted by Crippen LogP contribution is -2.50. The highest BCUT2D eigenvalue weighted by Crippen LogP contribution is 2.17. The van der Waals surface area contributed by atoms with Crippen molar-refractivity contribution in [3.63, 3.8) is 0 Å². The van der Waals surface area contributed by atoms with Gasteiger partial charge in [-0.05, 0) is 38.4 Å². The number of hydrogen-bond donors (Lipinski definition) is 3. The lowest BCUT2D eigenvalue weighted by molar-refractivity contribution is -0.122. The van der Waals surface area contributed by atoms with Gasteiger partial charge >= 0.3 is 0 Å². The molecule has 0 aromatic heterocycles. The number of carbonyl (C=O) groups is 1. The van der Waals surface area contributed by atoms with Crippen LogP contribution in [0.15, 0.2) is 0 Å². The fraction of sp³-hybridized carbons (Fsp3) is 0.846. The molecule has 1 fully saturated rings. The number of carbonyl (C=O) groups excluding carboxylic acids is 1. The van der Waals surface area contributed by atoms with E-state index in [2.05, 4.69) is 16.0 Å². The largest absolute Gasteiger partial charge is 0.360 e. The number of nitrogens with one attached hydrogen (secondary N) is 3. The van der Waals surface area contributed by atoms with Gasteiger partial charge in [-0.2, -0.15) is 0 Å². The van der Waals surface area contributed by atoms with Crippen molar-refractivity contribution in [3.8, 4) is 0 Å². The fourth-order valence-corrected chi connectivity index (χ4v) is 2.48. The molecule has 0 radical (unpaired) electrons. The molecule has 4 nitrogen and oxygen atoms in total. The minimum atomic E-state index is -0.278. The second-order valence-electron chi connectivity index (χ2n) is 4.97. The topological polar surface area (TPSA) is 53.2 Å². The van der Waals surface area contributed by atoms with Gasteiger partial charge in [0.1, 0.15) is 6.04 Å². The van der Waals surface area contributed by atoms with Gasteiger partial charge < -0.3 is 16.0 Å². The van der Waals surface area contributed by atoms with Crippen LogP contribution in [0.25, 0.3) is 0 Å². The summed E-state index contributed by atoms with van der Waals surface area (Å²) in [5.41, 5.74) is 0. The monoisotopic (exact) mass is 271 g/mol. The average molecular weight is 271 g/mol. The van der Waals surface area contributed by atoms with Gasteiger partial charge in [0.2, 0.25) is 5.91 Å². The van der Waals surface area contributed by atoms with E-state index in [1.165, 1.54) is 32.1 Å². The molecule has 0 bridgehead atoms. The normalized spacial score (nSPS) is 17.9. The third kappa shape index (κ3) is 5.67. The molecule has 104 valence electrons. The van der Waals surface area contributed by atoms with Crippen molar-refractivity contribution in [1.82, 2.24) is 16.0 Å². The Balaban J connectivity index is 2.23. The average Bonchev–Trinajstić information content (AvgIpc) is 2.36. The molecule has 0 aromatic carbocycles. The maximum atomic E-state index is 11.7. The first kappa shape index (κ1) is 15.2. The Labute approximate surface area is 115 Å². The molecule has 0 aromatic rings. The van der Waals surface area contributed by atoms with E-state index in [4.69, 9.17) is 12.2 Å². The highest BCUT2D eigenvalue weighted by Gasteiger charge is 2.17. The molecular weight excluding hydrogens is 246 g/mol. The third-order valence-corrected chi connectivity index (χ3v) is 3.47. The molecule has 0 saturated heterocycles. The summed E-state index contributed by atoms with van der Waals surface area (Å²) < 4.78 is 0. The van der Waals surface area contributed by atoms with Gasteiger partial charge in [-0.15, -0.1) is 0 Å². The van der Waals surface area contributed by atoms with Crippen molar-refractivity contribution in [2.24, 2.45) is 0 Å². The summed E-state index contributed by atoms with van der Waals surface area (Å²) >= 11 is 5.24. The van der Waals surface area contributed by atoms with Crippen molar-refractivity contribution < 1.29 is 4.79 Å². The van der Waals surface area contributed by atoms with E-state index in [-0.39, 0.29) is 11.9 Å². The Hall–Kier alpha value is -0.840. The number of hydrogen-bond acceptors (Lipinski definition) is 2. The predicted octanol–water partition coefficient (Wildman–Crippen LogP) is 1.70. The molecule has 0 spiro atoms. The van der Waals surface area contributed by atoms with E-state index < -0.39 is 0 Å². The summed E-state index contributed by atoms with van der Waals surface area (Å²) in [6, 6.07) is 0.199. The Morgan fingerprint density at radius 1 is 1.33 bits per heavy atom. The lowest BCUT2D eigenvalue weighted by atomic mass is 9.96. The first-order valence-electron chi connectivity index (χ1n) is 6.98. The van der Waals surface area contributed by atoms with Crippen LogP contribution in [-0.4, -0.2) is 29.6 Å². The van der Waals surface area contributed by atoms with E-state index in [0.717, 1.165) is 6.42 Å². The van der Waals surface area contributed by atoms with Gasteiger partial charge in [-0.25, -0.2) is 0 Å². The van der Waals surface area contributed by atoms with Crippen molar-refractivity contribution >= 4 is 23.2 Å². The molecule has 1 rings (SSSR count). The smallest absolute Gasteiger partial charge is 0.242 e. The lowest BCUT2D eigenvalue weighted by Gasteiger charge is -2.25. The van der Waals surface area contributed by atoms with Crippen LogP contribution in [0.3, 0.4) is 0 Å². The van der Waals surface area contributed by atoms with Crippen LogP contribution in [0, 0.1) is 0 Å². The molecule has 1 aliphatic carbocycles. The van der Waals surface area contributed by atoms with Crippen LogP contribution in [0.5, 0.6) is 0 Å². The SMILES string of the molecule is CCCNC(=O)C(C)NC(=S)NC1CCCCC1. The first-order chi connectivity index (χ1) is 8.63. The minimum absolute atomic E-state index is 0.00430. The molecule has 0 heterocycles. The van der Waals surface area contributed by atoms with Crippen molar-refractivity contribution in [2.45, 2.75) is 64.5 Å². The summed E-state index contributed by atoms with van der Waals surface area (Å²) in [4.78, 5) is 11.7. The number of rotatable bonds is 5. The highest BCUT2D eigenvalue weighted by atomic mass is 32.1. The number of thiocarbonyl (C=S) groups is 1.